The van der Waals surface area contributed by atoms with Gasteiger partial charge in [-0.1, -0.05) is 24.3 Å². The van der Waals surface area contributed by atoms with Crippen LogP contribution in [-0.2, 0) is 4.74 Å². The molecule has 0 aliphatic heterocycles. The lowest BCUT2D eigenvalue weighted by Gasteiger charge is -2.12. The third-order valence-corrected chi connectivity index (χ3v) is 3.11. The summed E-state index contributed by atoms with van der Waals surface area (Å²) in [6.07, 6.45) is 0. The van der Waals surface area contributed by atoms with E-state index in [1.807, 2.05) is 6.07 Å². The second kappa shape index (κ2) is 6.70. The van der Waals surface area contributed by atoms with Gasteiger partial charge in [0.05, 0.1) is 12.2 Å². The van der Waals surface area contributed by atoms with Crippen LogP contribution in [0.4, 0.5) is 5.69 Å². The van der Waals surface area contributed by atoms with E-state index in [1.165, 1.54) is 0 Å². The van der Waals surface area contributed by atoms with Gasteiger partial charge in [0, 0.05) is 11.3 Å². The lowest BCUT2D eigenvalue weighted by molar-refractivity contribution is 0.0525. The Bertz CT molecular complexity index is 650. The molecule has 0 radical (unpaired) electrons. The second-order valence-electron chi connectivity index (χ2n) is 4.52. The maximum Gasteiger partial charge on any atom is 0.338 e. The molecule has 4 nitrogen and oxygen atoms in total. The molecule has 2 rings (SSSR count). The third kappa shape index (κ3) is 3.48. The van der Waals surface area contributed by atoms with Crippen LogP contribution in [0.1, 0.15) is 33.2 Å². The largest absolute Gasteiger partial charge is 0.462 e. The first-order chi connectivity index (χ1) is 10.1. The maximum atomic E-state index is 12.1. The molecule has 4 heteroatoms. The molecular formula is C17H17NO3. The van der Waals surface area contributed by atoms with Crippen LogP contribution in [0.15, 0.2) is 48.5 Å². The molecule has 0 fully saturated rings. The van der Waals surface area contributed by atoms with Gasteiger partial charge in [-0.05, 0) is 43.7 Å². The summed E-state index contributed by atoms with van der Waals surface area (Å²) in [5.74, 6) is -0.592. The fourth-order valence-electron chi connectivity index (χ4n) is 1.99. The van der Waals surface area contributed by atoms with Crippen molar-refractivity contribution in [1.29, 1.82) is 0 Å². The van der Waals surface area contributed by atoms with Crippen LogP contribution in [0.3, 0.4) is 0 Å². The highest BCUT2D eigenvalue weighted by Crippen LogP contribution is 2.20. The molecule has 2 aromatic rings. The highest BCUT2D eigenvalue weighted by molar-refractivity contribution is 6.05. The van der Waals surface area contributed by atoms with Crippen LogP contribution in [0.25, 0.3) is 0 Å². The van der Waals surface area contributed by atoms with E-state index in [-0.39, 0.29) is 11.9 Å². The minimum Gasteiger partial charge on any atom is -0.462 e. The molecule has 0 bridgehead atoms. The van der Waals surface area contributed by atoms with Gasteiger partial charge in [-0.15, -0.1) is 0 Å². The van der Waals surface area contributed by atoms with E-state index < -0.39 is 0 Å². The molecule has 21 heavy (non-hydrogen) atoms. The van der Waals surface area contributed by atoms with Crippen LogP contribution in [0, 0.1) is 6.92 Å². The van der Waals surface area contributed by atoms with Gasteiger partial charge >= 0.3 is 5.97 Å². The number of hydrogen-bond donors (Lipinski definition) is 1. The van der Waals surface area contributed by atoms with E-state index in [1.54, 1.807) is 56.3 Å². The minimum atomic E-state index is -0.384. The topological polar surface area (TPSA) is 55.4 Å². The molecule has 0 heterocycles. The van der Waals surface area contributed by atoms with Crippen molar-refractivity contribution in [1.82, 2.24) is 0 Å². The number of esters is 1. The zero-order valence-corrected chi connectivity index (χ0v) is 12.1. The predicted octanol–water partition coefficient (Wildman–Crippen LogP) is 3.42. The summed E-state index contributed by atoms with van der Waals surface area (Å²) in [4.78, 5) is 24.0. The molecule has 108 valence electrons. The summed E-state index contributed by atoms with van der Waals surface area (Å²) in [5, 5.41) is 2.82. The lowest BCUT2D eigenvalue weighted by atomic mass is 10.1. The van der Waals surface area contributed by atoms with Crippen molar-refractivity contribution in [2.45, 2.75) is 13.8 Å². The smallest absolute Gasteiger partial charge is 0.338 e. The van der Waals surface area contributed by atoms with Crippen molar-refractivity contribution in [3.63, 3.8) is 0 Å². The van der Waals surface area contributed by atoms with Crippen LogP contribution in [0.2, 0.25) is 0 Å². The fourth-order valence-corrected chi connectivity index (χ4v) is 1.99. The Morgan fingerprint density at radius 3 is 2.43 bits per heavy atom. The molecule has 0 spiro atoms. The van der Waals surface area contributed by atoms with Gasteiger partial charge in [-0.2, -0.15) is 0 Å². The first-order valence-electron chi connectivity index (χ1n) is 6.76. The first-order valence-corrected chi connectivity index (χ1v) is 6.76. The van der Waals surface area contributed by atoms with Gasteiger partial charge < -0.3 is 10.1 Å². The molecule has 0 aliphatic carbocycles. The molecule has 0 aliphatic rings. The summed E-state index contributed by atoms with van der Waals surface area (Å²) in [6, 6.07) is 14.1. The zero-order valence-electron chi connectivity index (χ0n) is 12.1. The normalized spacial score (nSPS) is 10.0. The van der Waals surface area contributed by atoms with Crippen LogP contribution < -0.4 is 5.32 Å². The van der Waals surface area contributed by atoms with Gasteiger partial charge in [-0.25, -0.2) is 4.79 Å². The molecule has 1 N–H and O–H groups in total. The molecule has 0 atom stereocenters. The van der Waals surface area contributed by atoms with E-state index in [0.29, 0.717) is 29.0 Å². The van der Waals surface area contributed by atoms with E-state index in [4.69, 9.17) is 4.74 Å². The van der Waals surface area contributed by atoms with Crippen molar-refractivity contribution in [2.24, 2.45) is 0 Å². The lowest BCUT2D eigenvalue weighted by Crippen LogP contribution is -2.14. The molecule has 0 aromatic heterocycles. The van der Waals surface area contributed by atoms with Crippen molar-refractivity contribution in [3.8, 4) is 0 Å². The van der Waals surface area contributed by atoms with Crippen molar-refractivity contribution in [2.75, 3.05) is 11.9 Å². The van der Waals surface area contributed by atoms with Crippen molar-refractivity contribution >= 4 is 17.6 Å². The number of amides is 1. The number of anilines is 1. The highest BCUT2D eigenvalue weighted by atomic mass is 16.5. The quantitative estimate of drug-likeness (QED) is 0.875. The summed E-state index contributed by atoms with van der Waals surface area (Å²) in [5.41, 5.74) is 2.33. The van der Waals surface area contributed by atoms with Gasteiger partial charge in [0.1, 0.15) is 0 Å². The highest BCUT2D eigenvalue weighted by Gasteiger charge is 2.14. The molecule has 0 unspecified atom stereocenters. The number of rotatable bonds is 4. The number of carbonyl (C=O) groups excluding carboxylic acids is 2. The average Bonchev–Trinajstić information content (AvgIpc) is 2.50. The third-order valence-electron chi connectivity index (χ3n) is 3.11. The molecule has 2 aromatic carbocycles. The SMILES string of the molecule is CCOC(=O)c1cccc(NC(=O)c2ccccc2)c1C. The number of hydrogen-bond acceptors (Lipinski definition) is 3. The Morgan fingerprint density at radius 2 is 1.76 bits per heavy atom. The van der Waals surface area contributed by atoms with Gasteiger partial charge in [0.25, 0.3) is 5.91 Å². The Morgan fingerprint density at radius 1 is 1.05 bits per heavy atom. The van der Waals surface area contributed by atoms with E-state index in [9.17, 15) is 9.59 Å². The summed E-state index contributed by atoms with van der Waals surface area (Å²) in [7, 11) is 0. The maximum absolute atomic E-state index is 12.1. The minimum absolute atomic E-state index is 0.209. The molecule has 1 amide bonds. The predicted molar refractivity (Wildman–Crippen MR) is 81.5 cm³/mol. The summed E-state index contributed by atoms with van der Waals surface area (Å²) in [6.45, 7) is 3.86. The van der Waals surface area contributed by atoms with Crippen molar-refractivity contribution in [3.05, 3.63) is 65.2 Å². The van der Waals surface area contributed by atoms with Gasteiger partial charge in [-0.3, -0.25) is 4.79 Å². The Hall–Kier alpha value is -2.62. The number of ether oxygens (including phenoxy) is 1. The van der Waals surface area contributed by atoms with Crippen LogP contribution >= 0.6 is 0 Å². The monoisotopic (exact) mass is 283 g/mol. The van der Waals surface area contributed by atoms with Crippen LogP contribution in [0.5, 0.6) is 0 Å². The van der Waals surface area contributed by atoms with Gasteiger partial charge in [0.2, 0.25) is 0 Å². The first kappa shape index (κ1) is 14.8. The standard InChI is InChI=1S/C17H17NO3/c1-3-21-17(20)14-10-7-11-15(12(14)2)18-16(19)13-8-5-4-6-9-13/h4-11H,3H2,1-2H3,(H,18,19). The zero-order chi connectivity index (χ0) is 15.2. The van der Waals surface area contributed by atoms with Crippen LogP contribution in [-0.4, -0.2) is 18.5 Å². The van der Waals surface area contributed by atoms with Gasteiger partial charge in [0.15, 0.2) is 0 Å². The average molecular weight is 283 g/mol. The Balaban J connectivity index is 2.23. The van der Waals surface area contributed by atoms with E-state index in [0.717, 1.165) is 0 Å². The second-order valence-corrected chi connectivity index (χ2v) is 4.52. The Labute approximate surface area is 123 Å². The molecule has 0 saturated heterocycles. The summed E-state index contributed by atoms with van der Waals surface area (Å²) >= 11 is 0. The van der Waals surface area contributed by atoms with E-state index >= 15 is 0 Å². The number of nitrogens with one attached hydrogen (secondary N) is 1. The summed E-state index contributed by atoms with van der Waals surface area (Å²) < 4.78 is 5.00. The fraction of sp³-hybridized carbons (Fsp3) is 0.176. The van der Waals surface area contributed by atoms with E-state index in [2.05, 4.69) is 5.32 Å². The molecule has 0 saturated carbocycles. The number of benzene rings is 2. The van der Waals surface area contributed by atoms with Crippen molar-refractivity contribution < 1.29 is 14.3 Å². The molecular weight excluding hydrogens is 266 g/mol. The number of carbonyl (C=O) groups is 2. The Kier molecular flexibility index (Phi) is 4.72.